The highest BCUT2D eigenvalue weighted by molar-refractivity contribution is 8.00. The Bertz CT molecular complexity index is 1010. The molecular formula is C20H20FN5O2S. The number of hydrogen-bond acceptors (Lipinski definition) is 6. The lowest BCUT2D eigenvalue weighted by Gasteiger charge is -2.32. The minimum atomic E-state index is -0.505. The Hall–Kier alpha value is -3.07. The molecule has 2 atom stereocenters. The van der Waals surface area contributed by atoms with Crippen LogP contribution in [0.2, 0.25) is 0 Å². The molecule has 150 valence electrons. The number of nitrogens with zero attached hydrogens (tertiary/aromatic N) is 3. The summed E-state index contributed by atoms with van der Waals surface area (Å²) in [5.74, 6) is 0.918. The molecule has 9 heteroatoms. The molecule has 0 saturated heterocycles. The van der Waals surface area contributed by atoms with Crippen LogP contribution in [0.3, 0.4) is 0 Å². The van der Waals surface area contributed by atoms with E-state index in [1.54, 1.807) is 4.68 Å². The zero-order valence-electron chi connectivity index (χ0n) is 15.9. The number of hydrogen-bond donors (Lipinski definition) is 2. The summed E-state index contributed by atoms with van der Waals surface area (Å²) in [5, 5.41) is 11.2. The number of thioether (sulfide) groups is 1. The summed E-state index contributed by atoms with van der Waals surface area (Å²) in [4.78, 5) is 13.1. The molecular weight excluding hydrogens is 393 g/mol. The first-order valence-corrected chi connectivity index (χ1v) is 10.1. The Morgan fingerprint density at radius 3 is 2.62 bits per heavy atom. The van der Waals surface area contributed by atoms with Crippen LogP contribution in [-0.2, 0) is 4.79 Å². The number of anilines is 1. The van der Waals surface area contributed by atoms with Crippen LogP contribution in [0.15, 0.2) is 53.7 Å². The number of carbonyl (C=O) groups excluding carboxylic acids is 1. The maximum atomic E-state index is 13.2. The van der Waals surface area contributed by atoms with Crippen molar-refractivity contribution in [3.05, 3.63) is 65.7 Å². The highest BCUT2D eigenvalue weighted by atomic mass is 32.2. The smallest absolute Gasteiger partial charge is 0.240 e. The van der Waals surface area contributed by atoms with E-state index in [1.165, 1.54) is 36.0 Å². The molecule has 7 nitrogen and oxygen atoms in total. The third-order valence-electron chi connectivity index (χ3n) is 4.52. The average molecular weight is 413 g/mol. The van der Waals surface area contributed by atoms with Crippen LogP contribution < -0.4 is 15.5 Å². The van der Waals surface area contributed by atoms with Crippen molar-refractivity contribution < 1.29 is 13.9 Å². The second-order valence-corrected chi connectivity index (χ2v) is 7.62. The minimum absolute atomic E-state index is 0.208. The van der Waals surface area contributed by atoms with E-state index in [9.17, 15) is 9.18 Å². The third-order valence-corrected chi connectivity index (χ3v) is 5.73. The Labute approximate surface area is 171 Å². The van der Waals surface area contributed by atoms with Crippen molar-refractivity contribution in [1.29, 1.82) is 0 Å². The van der Waals surface area contributed by atoms with Crippen LogP contribution in [0.1, 0.15) is 24.4 Å². The molecule has 2 heterocycles. The van der Waals surface area contributed by atoms with Gasteiger partial charge in [0.2, 0.25) is 11.1 Å². The van der Waals surface area contributed by atoms with Gasteiger partial charge in [0.25, 0.3) is 0 Å². The summed E-state index contributed by atoms with van der Waals surface area (Å²) in [6.07, 6.45) is 0. The summed E-state index contributed by atoms with van der Waals surface area (Å²) in [6, 6.07) is 13.0. The molecule has 0 radical (unpaired) electrons. The molecule has 4 rings (SSSR count). The van der Waals surface area contributed by atoms with Gasteiger partial charge in [0.15, 0.2) is 0 Å². The lowest BCUT2D eigenvalue weighted by molar-refractivity contribution is -0.116. The van der Waals surface area contributed by atoms with Gasteiger partial charge < -0.3 is 15.5 Å². The summed E-state index contributed by atoms with van der Waals surface area (Å²) >= 11 is 1.34. The molecule has 3 aromatic rings. The highest BCUT2D eigenvalue weighted by Crippen LogP contribution is 2.37. The highest BCUT2D eigenvalue weighted by Gasteiger charge is 2.37. The van der Waals surface area contributed by atoms with Crippen molar-refractivity contribution in [2.45, 2.75) is 30.3 Å². The molecule has 1 aliphatic heterocycles. The topological polar surface area (TPSA) is 81.1 Å². The number of fused-ring (bicyclic) bond motifs is 1. The fraction of sp³-hybridized carbons (Fsp3) is 0.250. The number of aryl methyl sites for hydroxylation is 1. The van der Waals surface area contributed by atoms with Crippen molar-refractivity contribution in [2.24, 2.45) is 0 Å². The van der Waals surface area contributed by atoms with E-state index >= 15 is 0 Å². The van der Waals surface area contributed by atoms with E-state index in [-0.39, 0.29) is 17.8 Å². The summed E-state index contributed by atoms with van der Waals surface area (Å²) in [5.41, 5.74) is 4.81. The zero-order valence-corrected chi connectivity index (χ0v) is 16.7. The fourth-order valence-electron chi connectivity index (χ4n) is 3.10. The molecule has 29 heavy (non-hydrogen) atoms. The van der Waals surface area contributed by atoms with E-state index in [2.05, 4.69) is 20.9 Å². The lowest BCUT2D eigenvalue weighted by atomic mass is 10.0. The van der Waals surface area contributed by atoms with Gasteiger partial charge in [-0.1, -0.05) is 23.9 Å². The van der Waals surface area contributed by atoms with Gasteiger partial charge in [0, 0.05) is 5.69 Å². The first-order valence-electron chi connectivity index (χ1n) is 9.19. The van der Waals surface area contributed by atoms with Crippen LogP contribution in [0.4, 0.5) is 10.1 Å². The Morgan fingerprint density at radius 1 is 1.21 bits per heavy atom. The molecule has 0 fully saturated rings. The van der Waals surface area contributed by atoms with Crippen molar-refractivity contribution >= 4 is 23.4 Å². The number of nitrogens with one attached hydrogen (secondary N) is 2. The van der Waals surface area contributed by atoms with Gasteiger partial charge >= 0.3 is 0 Å². The first-order chi connectivity index (χ1) is 14.0. The number of aromatic nitrogens is 3. The molecule has 0 aliphatic carbocycles. The molecule has 1 aromatic heterocycles. The molecule has 0 bridgehead atoms. The van der Waals surface area contributed by atoms with Crippen molar-refractivity contribution in [3.8, 4) is 5.75 Å². The molecule has 0 unspecified atom stereocenters. The van der Waals surface area contributed by atoms with Crippen LogP contribution in [-0.4, -0.2) is 32.6 Å². The van der Waals surface area contributed by atoms with Crippen molar-refractivity contribution in [1.82, 2.24) is 14.9 Å². The molecule has 0 spiro atoms. The first kappa shape index (κ1) is 19.3. The van der Waals surface area contributed by atoms with Gasteiger partial charge in [-0.2, -0.15) is 0 Å². The Morgan fingerprint density at radius 2 is 1.93 bits per heavy atom. The second-order valence-electron chi connectivity index (χ2n) is 6.51. The number of benzene rings is 2. The standard InChI is InChI=1S/C20H20FN5O2S/c1-3-28-16-10-4-13(5-11-16)17-18(29-20-24-23-12(2)26(20)25-17)19(27)22-15-8-6-14(21)7-9-15/h4-11,17-18,25H,3H2,1-2H3,(H,22,27)/t17-,18+/m0/s1. The van der Waals surface area contributed by atoms with Crippen LogP contribution in [0, 0.1) is 12.7 Å². The van der Waals surface area contributed by atoms with Crippen molar-refractivity contribution in [3.63, 3.8) is 0 Å². The normalized spacial score (nSPS) is 17.9. The van der Waals surface area contributed by atoms with E-state index in [1.807, 2.05) is 38.1 Å². The zero-order chi connectivity index (χ0) is 20.4. The van der Waals surface area contributed by atoms with Crippen LogP contribution in [0.5, 0.6) is 5.75 Å². The predicted molar refractivity (Wildman–Crippen MR) is 109 cm³/mol. The van der Waals surface area contributed by atoms with Crippen LogP contribution in [0.25, 0.3) is 0 Å². The minimum Gasteiger partial charge on any atom is -0.494 e. The van der Waals surface area contributed by atoms with Crippen LogP contribution >= 0.6 is 11.8 Å². The largest absolute Gasteiger partial charge is 0.494 e. The van der Waals surface area contributed by atoms with E-state index in [0.29, 0.717) is 23.3 Å². The maximum absolute atomic E-state index is 13.2. The summed E-state index contributed by atoms with van der Waals surface area (Å²) in [7, 11) is 0. The van der Waals surface area contributed by atoms with Gasteiger partial charge in [0.05, 0.1) is 12.6 Å². The predicted octanol–water partition coefficient (Wildman–Crippen LogP) is 3.52. The monoisotopic (exact) mass is 413 g/mol. The van der Waals surface area contributed by atoms with E-state index < -0.39 is 5.25 Å². The third kappa shape index (κ3) is 4.04. The van der Waals surface area contributed by atoms with E-state index in [0.717, 1.165) is 11.3 Å². The van der Waals surface area contributed by atoms with Gasteiger partial charge in [-0.15, -0.1) is 10.2 Å². The number of halogens is 1. The number of carbonyl (C=O) groups is 1. The molecule has 2 N–H and O–H groups in total. The average Bonchev–Trinajstić information content (AvgIpc) is 3.10. The number of amides is 1. The maximum Gasteiger partial charge on any atom is 0.240 e. The SMILES string of the molecule is CCOc1ccc([C@@H]2Nn3c(C)nnc3S[C@H]2C(=O)Nc2ccc(F)cc2)cc1. The molecule has 1 aliphatic rings. The van der Waals surface area contributed by atoms with Gasteiger partial charge in [-0.25, -0.2) is 9.07 Å². The molecule has 2 aromatic carbocycles. The lowest BCUT2D eigenvalue weighted by Crippen LogP contribution is -2.41. The second kappa shape index (κ2) is 8.12. The van der Waals surface area contributed by atoms with Crippen molar-refractivity contribution in [2.75, 3.05) is 17.3 Å². The van der Waals surface area contributed by atoms with E-state index in [4.69, 9.17) is 4.74 Å². The summed E-state index contributed by atoms with van der Waals surface area (Å²) < 4.78 is 20.5. The molecule has 0 saturated carbocycles. The Balaban J connectivity index is 1.62. The molecule has 1 amide bonds. The number of rotatable bonds is 5. The van der Waals surface area contributed by atoms with Gasteiger partial charge in [-0.05, 0) is 55.8 Å². The van der Waals surface area contributed by atoms with Gasteiger partial charge in [0.1, 0.15) is 22.6 Å². The summed E-state index contributed by atoms with van der Waals surface area (Å²) in [6.45, 7) is 4.36. The fourth-order valence-corrected chi connectivity index (χ4v) is 4.22. The van der Waals surface area contributed by atoms with Gasteiger partial charge in [-0.3, -0.25) is 4.79 Å². The quantitative estimate of drug-likeness (QED) is 0.666. The number of ether oxygens (including phenoxy) is 1. The Kier molecular flexibility index (Phi) is 5.39.